The van der Waals surface area contributed by atoms with Gasteiger partial charge in [-0.15, -0.1) is 0 Å². The molecule has 0 saturated heterocycles. The maximum Gasteiger partial charge on any atom is 0.161 e. The Kier molecular flexibility index (Phi) is 5.32. The number of nitrogens with zero attached hydrogens (tertiary/aromatic N) is 2. The van der Waals surface area contributed by atoms with E-state index in [9.17, 15) is 0 Å². The molecule has 1 aromatic carbocycles. The Labute approximate surface area is 127 Å². The molecule has 0 aliphatic heterocycles. The summed E-state index contributed by atoms with van der Waals surface area (Å²) in [7, 11) is 0. The number of anilines is 1. The van der Waals surface area contributed by atoms with Crippen LogP contribution in [0, 0.1) is 13.8 Å². The topological polar surface area (TPSA) is 37.8 Å². The highest BCUT2D eigenvalue weighted by molar-refractivity contribution is 5.60. The van der Waals surface area contributed by atoms with E-state index in [4.69, 9.17) is 4.98 Å². The summed E-state index contributed by atoms with van der Waals surface area (Å²) in [5, 5.41) is 3.38. The van der Waals surface area contributed by atoms with Gasteiger partial charge in [-0.1, -0.05) is 37.5 Å². The summed E-state index contributed by atoms with van der Waals surface area (Å²) in [5.41, 5.74) is 4.71. The van der Waals surface area contributed by atoms with Crippen molar-refractivity contribution in [2.75, 3.05) is 11.9 Å². The molecule has 0 bridgehead atoms. The summed E-state index contributed by atoms with van der Waals surface area (Å²) >= 11 is 0. The lowest BCUT2D eigenvalue weighted by atomic mass is 10.1. The zero-order chi connectivity index (χ0) is 15.2. The molecule has 0 aliphatic rings. The summed E-state index contributed by atoms with van der Waals surface area (Å²) in [4.78, 5) is 9.42. The van der Waals surface area contributed by atoms with Crippen LogP contribution in [0.5, 0.6) is 0 Å². The second-order valence-corrected chi connectivity index (χ2v) is 5.62. The van der Waals surface area contributed by atoms with Gasteiger partial charge in [-0.25, -0.2) is 9.97 Å². The summed E-state index contributed by atoms with van der Waals surface area (Å²) in [6.45, 7) is 9.50. The molecular weight excluding hydrogens is 258 g/mol. The van der Waals surface area contributed by atoms with Gasteiger partial charge < -0.3 is 5.32 Å². The van der Waals surface area contributed by atoms with Crippen LogP contribution < -0.4 is 5.32 Å². The van der Waals surface area contributed by atoms with Crippen molar-refractivity contribution < 1.29 is 0 Å². The van der Waals surface area contributed by atoms with Crippen LogP contribution in [0.1, 0.15) is 43.5 Å². The Morgan fingerprint density at radius 2 is 1.62 bits per heavy atom. The first kappa shape index (κ1) is 15.5. The fourth-order valence-corrected chi connectivity index (χ4v) is 2.46. The third-order valence-electron chi connectivity index (χ3n) is 3.32. The molecule has 1 N–H and O–H groups in total. The highest BCUT2D eigenvalue weighted by atomic mass is 15.0. The second kappa shape index (κ2) is 7.21. The van der Waals surface area contributed by atoms with Crippen LogP contribution in [0.4, 0.5) is 5.82 Å². The van der Waals surface area contributed by atoms with Gasteiger partial charge in [0.05, 0.1) is 0 Å². The van der Waals surface area contributed by atoms with Gasteiger partial charge in [0.1, 0.15) is 5.82 Å². The molecule has 0 unspecified atom stereocenters. The van der Waals surface area contributed by atoms with Crippen molar-refractivity contribution in [1.82, 2.24) is 9.97 Å². The summed E-state index contributed by atoms with van der Waals surface area (Å²) in [5.74, 6) is 1.76. The quantitative estimate of drug-likeness (QED) is 0.846. The molecule has 0 spiro atoms. The fraction of sp³-hybridized carbons (Fsp3) is 0.444. The third-order valence-corrected chi connectivity index (χ3v) is 3.32. The van der Waals surface area contributed by atoms with Gasteiger partial charge in [-0.05, 0) is 38.8 Å². The maximum absolute atomic E-state index is 4.73. The van der Waals surface area contributed by atoms with Crippen LogP contribution in [0.2, 0.25) is 0 Å². The summed E-state index contributed by atoms with van der Waals surface area (Å²) in [6.07, 6.45) is 3.17. The monoisotopic (exact) mass is 283 g/mol. The molecule has 0 radical (unpaired) electrons. The van der Waals surface area contributed by atoms with E-state index in [0.29, 0.717) is 0 Å². The molecule has 2 aromatic rings. The number of aromatic nitrogens is 2. The van der Waals surface area contributed by atoms with Gasteiger partial charge in [0.15, 0.2) is 5.82 Å². The Balaban J connectivity index is 2.42. The molecule has 112 valence electrons. The van der Waals surface area contributed by atoms with Crippen LogP contribution in [0.3, 0.4) is 0 Å². The van der Waals surface area contributed by atoms with Crippen LogP contribution >= 0.6 is 0 Å². The SMILES string of the molecule is CCCNc1cc(CCC)nc(-c2cc(C)cc(C)c2)n1. The van der Waals surface area contributed by atoms with Crippen molar-refractivity contribution >= 4 is 5.82 Å². The van der Waals surface area contributed by atoms with E-state index in [0.717, 1.165) is 48.7 Å². The zero-order valence-corrected chi connectivity index (χ0v) is 13.5. The van der Waals surface area contributed by atoms with E-state index in [2.05, 4.69) is 62.3 Å². The maximum atomic E-state index is 4.73. The molecule has 1 aromatic heterocycles. The van der Waals surface area contributed by atoms with Gasteiger partial charge in [0.25, 0.3) is 0 Å². The van der Waals surface area contributed by atoms with Gasteiger partial charge in [0, 0.05) is 23.9 Å². The van der Waals surface area contributed by atoms with Gasteiger partial charge in [-0.2, -0.15) is 0 Å². The predicted octanol–water partition coefficient (Wildman–Crippen LogP) is 4.53. The molecule has 3 heteroatoms. The van der Waals surface area contributed by atoms with E-state index in [-0.39, 0.29) is 0 Å². The number of benzene rings is 1. The van der Waals surface area contributed by atoms with E-state index in [1.54, 1.807) is 0 Å². The number of hydrogen-bond acceptors (Lipinski definition) is 3. The lowest BCUT2D eigenvalue weighted by molar-refractivity contribution is 0.872. The van der Waals surface area contributed by atoms with Crippen molar-refractivity contribution in [1.29, 1.82) is 0 Å². The average Bonchev–Trinajstić information content (AvgIpc) is 2.44. The lowest BCUT2D eigenvalue weighted by Gasteiger charge is -2.10. The molecule has 21 heavy (non-hydrogen) atoms. The van der Waals surface area contributed by atoms with E-state index in [1.165, 1.54) is 11.1 Å². The van der Waals surface area contributed by atoms with Crippen molar-refractivity contribution in [3.8, 4) is 11.4 Å². The first-order valence-corrected chi connectivity index (χ1v) is 7.83. The van der Waals surface area contributed by atoms with Crippen molar-refractivity contribution in [2.24, 2.45) is 0 Å². The highest BCUT2D eigenvalue weighted by Gasteiger charge is 2.07. The van der Waals surface area contributed by atoms with Gasteiger partial charge >= 0.3 is 0 Å². The zero-order valence-electron chi connectivity index (χ0n) is 13.5. The number of aryl methyl sites for hydroxylation is 3. The Morgan fingerprint density at radius 3 is 2.24 bits per heavy atom. The van der Waals surface area contributed by atoms with E-state index in [1.807, 2.05) is 0 Å². The van der Waals surface area contributed by atoms with Crippen LogP contribution in [0.25, 0.3) is 11.4 Å². The van der Waals surface area contributed by atoms with Gasteiger partial charge in [0.2, 0.25) is 0 Å². The minimum Gasteiger partial charge on any atom is -0.370 e. The largest absolute Gasteiger partial charge is 0.370 e. The Morgan fingerprint density at radius 1 is 0.905 bits per heavy atom. The first-order valence-electron chi connectivity index (χ1n) is 7.83. The molecule has 2 rings (SSSR count). The molecular formula is C18H25N3. The molecule has 0 amide bonds. The average molecular weight is 283 g/mol. The van der Waals surface area contributed by atoms with E-state index >= 15 is 0 Å². The van der Waals surface area contributed by atoms with Crippen molar-refractivity contribution in [3.63, 3.8) is 0 Å². The Bertz CT molecular complexity index is 585. The molecule has 1 heterocycles. The van der Waals surface area contributed by atoms with Crippen molar-refractivity contribution in [3.05, 3.63) is 41.1 Å². The number of hydrogen-bond donors (Lipinski definition) is 1. The fourth-order valence-electron chi connectivity index (χ4n) is 2.46. The van der Waals surface area contributed by atoms with Crippen LogP contribution in [-0.2, 0) is 6.42 Å². The van der Waals surface area contributed by atoms with Crippen LogP contribution in [0.15, 0.2) is 24.3 Å². The summed E-state index contributed by atoms with van der Waals surface area (Å²) < 4.78 is 0. The molecule has 0 fully saturated rings. The second-order valence-electron chi connectivity index (χ2n) is 5.62. The normalized spacial score (nSPS) is 10.7. The van der Waals surface area contributed by atoms with Crippen LogP contribution in [-0.4, -0.2) is 16.5 Å². The lowest BCUT2D eigenvalue weighted by Crippen LogP contribution is -2.05. The highest BCUT2D eigenvalue weighted by Crippen LogP contribution is 2.21. The molecule has 0 atom stereocenters. The van der Waals surface area contributed by atoms with E-state index < -0.39 is 0 Å². The third kappa shape index (κ3) is 4.28. The number of rotatable bonds is 6. The predicted molar refractivity (Wildman–Crippen MR) is 89.7 cm³/mol. The molecule has 0 saturated carbocycles. The minimum atomic E-state index is 0.825. The van der Waals surface area contributed by atoms with Gasteiger partial charge in [-0.3, -0.25) is 0 Å². The molecule has 3 nitrogen and oxygen atoms in total. The smallest absolute Gasteiger partial charge is 0.161 e. The Hall–Kier alpha value is -1.90. The minimum absolute atomic E-state index is 0.825. The van der Waals surface area contributed by atoms with Crippen molar-refractivity contribution in [2.45, 2.75) is 47.0 Å². The molecule has 0 aliphatic carbocycles. The standard InChI is InChI=1S/C18H25N3/c1-5-7-16-12-17(19-8-6-2)21-18(20-16)15-10-13(3)9-14(4)11-15/h9-12H,5-8H2,1-4H3,(H,19,20,21). The summed E-state index contributed by atoms with van der Waals surface area (Å²) in [6, 6.07) is 8.56. The first-order chi connectivity index (χ1) is 10.1. The number of nitrogens with one attached hydrogen (secondary N) is 1.